The lowest BCUT2D eigenvalue weighted by Gasteiger charge is -2.02. The summed E-state index contributed by atoms with van der Waals surface area (Å²) in [7, 11) is 0. The predicted octanol–water partition coefficient (Wildman–Crippen LogP) is 3.53. The van der Waals surface area contributed by atoms with E-state index in [0.29, 0.717) is 0 Å². The standard InChI is InChI=1S/C20H41N5.5ClH/c1-3-21-13-5-7-15-23-17-9-11-19-25-20-12-10-18-24-16-8-6-14-22-4-2;;;;;/h5,7,9-12,21-25H,3-4,6,8,13-20H2,1-2H3;5*1H/b7-5-,11-9-,12-10-;;;;;. The van der Waals surface area contributed by atoms with Crippen molar-refractivity contribution in [1.82, 2.24) is 26.6 Å². The molecule has 0 rings (SSSR count). The average Bonchev–Trinajstić information content (AvgIpc) is 2.63. The fourth-order valence-electron chi connectivity index (χ4n) is 2.09. The molecule has 0 aromatic heterocycles. The summed E-state index contributed by atoms with van der Waals surface area (Å²) in [6.45, 7) is 14.2. The first-order valence-electron chi connectivity index (χ1n) is 9.90. The summed E-state index contributed by atoms with van der Waals surface area (Å²) in [6, 6.07) is 0. The minimum Gasteiger partial charge on any atom is -0.317 e. The lowest BCUT2D eigenvalue weighted by molar-refractivity contribution is 0.608. The number of nitrogens with one attached hydrogen (secondary N) is 5. The van der Waals surface area contributed by atoms with Crippen molar-refractivity contribution < 1.29 is 0 Å². The Kier molecular flexibility index (Phi) is 63.9. The van der Waals surface area contributed by atoms with Gasteiger partial charge >= 0.3 is 0 Å². The molecule has 0 amide bonds. The third-order valence-electron chi connectivity index (χ3n) is 3.53. The van der Waals surface area contributed by atoms with Crippen LogP contribution in [0.3, 0.4) is 0 Å². The number of unbranched alkanes of at least 4 members (excludes halogenated alkanes) is 1. The van der Waals surface area contributed by atoms with Gasteiger partial charge in [-0.2, -0.15) is 0 Å². The van der Waals surface area contributed by atoms with E-state index < -0.39 is 0 Å². The number of rotatable bonds is 19. The number of likely N-dealkylation sites (N-methyl/N-ethyl adjacent to an activating group) is 1. The molecule has 0 atom stereocenters. The first kappa shape index (κ1) is 44.2. The SMILES string of the molecule is CCNC/C=C\CNC/C=C\CNC/C=C\CNCCCCNCC.Cl.Cl.Cl.Cl.Cl. The molecule has 0 fully saturated rings. The smallest absolute Gasteiger partial charge is 0.0138 e. The molecule has 0 aliphatic rings. The van der Waals surface area contributed by atoms with Crippen LogP contribution in [0.25, 0.3) is 0 Å². The molecule has 186 valence electrons. The van der Waals surface area contributed by atoms with Crippen molar-refractivity contribution in [3.8, 4) is 0 Å². The number of hydrogen-bond donors (Lipinski definition) is 5. The molecule has 0 spiro atoms. The van der Waals surface area contributed by atoms with Gasteiger partial charge in [-0.15, -0.1) is 62.0 Å². The highest BCUT2D eigenvalue weighted by atomic mass is 35.5. The molecule has 0 heterocycles. The van der Waals surface area contributed by atoms with Crippen molar-refractivity contribution in [2.24, 2.45) is 0 Å². The molecule has 0 aromatic carbocycles. The summed E-state index contributed by atoms with van der Waals surface area (Å²) < 4.78 is 0. The van der Waals surface area contributed by atoms with E-state index in [-0.39, 0.29) is 62.0 Å². The van der Waals surface area contributed by atoms with E-state index in [1.54, 1.807) is 0 Å². The molecular weight excluding hydrogens is 488 g/mol. The van der Waals surface area contributed by atoms with E-state index in [2.05, 4.69) is 76.9 Å². The Morgan fingerprint density at radius 3 is 1.07 bits per heavy atom. The van der Waals surface area contributed by atoms with Gasteiger partial charge in [-0.1, -0.05) is 50.3 Å². The van der Waals surface area contributed by atoms with E-state index in [1.807, 2.05) is 0 Å². The second-order valence-electron chi connectivity index (χ2n) is 5.80. The second kappa shape index (κ2) is 43.4. The molecule has 0 radical (unpaired) electrons. The highest BCUT2D eigenvalue weighted by Crippen LogP contribution is 1.84. The predicted molar refractivity (Wildman–Crippen MR) is 149 cm³/mol. The van der Waals surface area contributed by atoms with Crippen LogP contribution in [0.5, 0.6) is 0 Å². The normalized spacial score (nSPS) is 10.2. The van der Waals surface area contributed by atoms with E-state index in [1.165, 1.54) is 12.8 Å². The van der Waals surface area contributed by atoms with Crippen LogP contribution in [-0.4, -0.2) is 65.4 Å². The molecule has 0 bridgehead atoms. The van der Waals surface area contributed by atoms with Crippen LogP contribution in [0.1, 0.15) is 26.7 Å². The van der Waals surface area contributed by atoms with Crippen LogP contribution in [0.15, 0.2) is 36.5 Å². The first-order valence-corrected chi connectivity index (χ1v) is 9.90. The summed E-state index contributed by atoms with van der Waals surface area (Å²) in [4.78, 5) is 0. The van der Waals surface area contributed by atoms with Gasteiger partial charge in [0.2, 0.25) is 0 Å². The molecule has 0 saturated heterocycles. The lowest BCUT2D eigenvalue weighted by Crippen LogP contribution is -2.19. The maximum absolute atomic E-state index is 3.43. The van der Waals surface area contributed by atoms with Gasteiger partial charge in [0, 0.05) is 39.3 Å². The Morgan fingerprint density at radius 2 is 0.700 bits per heavy atom. The molecule has 0 aromatic rings. The topological polar surface area (TPSA) is 60.1 Å². The molecule has 0 saturated carbocycles. The first-order chi connectivity index (χ1) is 12.4. The summed E-state index contributed by atoms with van der Waals surface area (Å²) in [5.74, 6) is 0. The van der Waals surface area contributed by atoms with Crippen molar-refractivity contribution in [2.45, 2.75) is 26.7 Å². The second-order valence-corrected chi connectivity index (χ2v) is 5.80. The third kappa shape index (κ3) is 42.5. The van der Waals surface area contributed by atoms with Crippen LogP contribution in [0.2, 0.25) is 0 Å². The van der Waals surface area contributed by atoms with Gasteiger partial charge in [0.25, 0.3) is 0 Å². The van der Waals surface area contributed by atoms with Crippen molar-refractivity contribution in [3.05, 3.63) is 36.5 Å². The highest BCUT2D eigenvalue weighted by molar-refractivity contribution is 5.86. The summed E-state index contributed by atoms with van der Waals surface area (Å²) in [5.41, 5.74) is 0. The molecule has 0 aliphatic carbocycles. The van der Waals surface area contributed by atoms with E-state index >= 15 is 0 Å². The summed E-state index contributed by atoms with van der Waals surface area (Å²) in [6.07, 6.45) is 15.5. The zero-order valence-electron chi connectivity index (χ0n) is 18.5. The summed E-state index contributed by atoms with van der Waals surface area (Å²) in [5, 5.41) is 16.8. The van der Waals surface area contributed by atoms with Gasteiger partial charge in [-0.05, 0) is 39.0 Å². The zero-order valence-corrected chi connectivity index (χ0v) is 22.6. The molecule has 5 N–H and O–H groups in total. The van der Waals surface area contributed by atoms with Crippen molar-refractivity contribution in [3.63, 3.8) is 0 Å². The zero-order chi connectivity index (χ0) is 18.3. The number of hydrogen-bond acceptors (Lipinski definition) is 5. The van der Waals surface area contributed by atoms with Gasteiger partial charge in [-0.25, -0.2) is 0 Å². The Morgan fingerprint density at radius 1 is 0.400 bits per heavy atom. The molecule has 0 aliphatic heterocycles. The molecule has 30 heavy (non-hydrogen) atoms. The molecule has 5 nitrogen and oxygen atoms in total. The van der Waals surface area contributed by atoms with E-state index in [4.69, 9.17) is 0 Å². The highest BCUT2D eigenvalue weighted by Gasteiger charge is 1.87. The molecule has 0 unspecified atom stereocenters. The Hall–Kier alpha value is 0.470. The Labute approximate surface area is 216 Å². The van der Waals surface area contributed by atoms with Crippen LogP contribution in [-0.2, 0) is 0 Å². The molecule has 10 heteroatoms. The van der Waals surface area contributed by atoms with E-state index in [0.717, 1.165) is 65.4 Å². The maximum atomic E-state index is 3.43. The Bertz CT molecular complexity index is 346. The fourth-order valence-corrected chi connectivity index (χ4v) is 2.09. The van der Waals surface area contributed by atoms with Gasteiger partial charge < -0.3 is 26.6 Å². The third-order valence-corrected chi connectivity index (χ3v) is 3.53. The van der Waals surface area contributed by atoms with Gasteiger partial charge in [0.05, 0.1) is 0 Å². The van der Waals surface area contributed by atoms with Gasteiger partial charge in [0.1, 0.15) is 0 Å². The monoisotopic (exact) mass is 531 g/mol. The van der Waals surface area contributed by atoms with Gasteiger partial charge in [-0.3, -0.25) is 0 Å². The lowest BCUT2D eigenvalue weighted by atomic mass is 10.3. The Balaban J connectivity index is -0.000000288. The van der Waals surface area contributed by atoms with Crippen molar-refractivity contribution in [2.75, 3.05) is 65.4 Å². The average molecular weight is 534 g/mol. The quantitative estimate of drug-likeness (QED) is 0.130. The van der Waals surface area contributed by atoms with E-state index in [9.17, 15) is 0 Å². The van der Waals surface area contributed by atoms with Crippen molar-refractivity contribution in [1.29, 1.82) is 0 Å². The van der Waals surface area contributed by atoms with Crippen LogP contribution in [0, 0.1) is 0 Å². The van der Waals surface area contributed by atoms with Gasteiger partial charge in [0.15, 0.2) is 0 Å². The summed E-state index contributed by atoms with van der Waals surface area (Å²) >= 11 is 0. The van der Waals surface area contributed by atoms with Crippen LogP contribution in [0.4, 0.5) is 0 Å². The minimum atomic E-state index is 0. The minimum absolute atomic E-state index is 0. The van der Waals surface area contributed by atoms with Crippen molar-refractivity contribution >= 4 is 62.0 Å². The maximum Gasteiger partial charge on any atom is 0.0138 e. The van der Waals surface area contributed by atoms with Crippen LogP contribution < -0.4 is 26.6 Å². The largest absolute Gasteiger partial charge is 0.317 e. The fraction of sp³-hybridized carbons (Fsp3) is 0.700. The molecular formula is C20H46Cl5N5. The van der Waals surface area contributed by atoms with Crippen LogP contribution >= 0.6 is 62.0 Å². The number of halogens is 5.